The Labute approximate surface area is 182 Å². The lowest BCUT2D eigenvalue weighted by Crippen LogP contribution is -1.99. The molecule has 0 unspecified atom stereocenters. The molecule has 1 heterocycles. The van der Waals surface area contributed by atoms with Gasteiger partial charge in [0.1, 0.15) is 5.82 Å². The number of rotatable bonds is 7. The second-order valence-corrected chi connectivity index (χ2v) is 7.51. The van der Waals surface area contributed by atoms with E-state index < -0.39 is 23.3 Å². The molecule has 32 heavy (non-hydrogen) atoms. The summed E-state index contributed by atoms with van der Waals surface area (Å²) in [5, 5.41) is 1.12. The summed E-state index contributed by atoms with van der Waals surface area (Å²) in [6.07, 6.45) is 4.62. The van der Waals surface area contributed by atoms with Crippen LogP contribution in [-0.2, 0) is 24.0 Å². The van der Waals surface area contributed by atoms with Gasteiger partial charge in [-0.25, -0.2) is 27.5 Å². The minimum Gasteiger partial charge on any atom is -0.384 e. The second-order valence-electron chi connectivity index (χ2n) is 7.51. The van der Waals surface area contributed by atoms with E-state index in [0.29, 0.717) is 28.8 Å². The van der Waals surface area contributed by atoms with Crippen LogP contribution in [0.3, 0.4) is 0 Å². The minimum absolute atomic E-state index is 0.178. The van der Waals surface area contributed by atoms with Crippen molar-refractivity contribution in [1.29, 1.82) is 0 Å². The molecule has 0 saturated heterocycles. The van der Waals surface area contributed by atoms with E-state index in [0.717, 1.165) is 29.7 Å². The van der Waals surface area contributed by atoms with Gasteiger partial charge in [0.25, 0.3) is 0 Å². The largest absolute Gasteiger partial charge is 0.384 e. The highest BCUT2D eigenvalue weighted by Gasteiger charge is 2.13. The first-order valence-corrected chi connectivity index (χ1v) is 10.1. The van der Waals surface area contributed by atoms with Crippen molar-refractivity contribution >= 4 is 10.8 Å². The molecule has 0 aliphatic carbocycles. The van der Waals surface area contributed by atoms with Crippen molar-refractivity contribution in [2.75, 3.05) is 13.7 Å². The van der Waals surface area contributed by atoms with E-state index in [4.69, 9.17) is 4.74 Å². The molecular weight excluding hydrogens is 420 g/mol. The zero-order chi connectivity index (χ0) is 22.7. The molecule has 0 amide bonds. The Morgan fingerprint density at radius 3 is 2.16 bits per heavy atom. The number of fused-ring (bicyclic) bond motifs is 1. The van der Waals surface area contributed by atoms with E-state index in [2.05, 4.69) is 9.97 Å². The van der Waals surface area contributed by atoms with Crippen molar-refractivity contribution in [2.45, 2.75) is 19.3 Å². The Morgan fingerprint density at radius 1 is 0.750 bits per heavy atom. The lowest BCUT2D eigenvalue weighted by Gasteiger charge is -2.09. The number of halogens is 4. The molecule has 0 N–H and O–H groups in total. The van der Waals surface area contributed by atoms with Crippen molar-refractivity contribution in [2.24, 2.45) is 0 Å². The molecule has 0 aliphatic rings. The lowest BCUT2D eigenvalue weighted by atomic mass is 9.99. The molecule has 0 fully saturated rings. The highest BCUT2D eigenvalue weighted by atomic mass is 19.2. The van der Waals surface area contributed by atoms with Gasteiger partial charge in [0.05, 0.1) is 6.61 Å². The summed E-state index contributed by atoms with van der Waals surface area (Å²) in [6.45, 7) is 0.589. The van der Waals surface area contributed by atoms with Gasteiger partial charge in [0.15, 0.2) is 23.3 Å². The third-order valence-corrected chi connectivity index (χ3v) is 5.32. The van der Waals surface area contributed by atoms with E-state index in [1.54, 1.807) is 43.8 Å². The van der Waals surface area contributed by atoms with E-state index in [9.17, 15) is 13.2 Å². The molecule has 0 saturated carbocycles. The SMILES string of the molecule is COCCc1cnc(-c2ccc3c(F)c(CCc4cc(F)c(F)c(F)c4)ccc3c2)nc1. The number of benzene rings is 3. The third-order valence-electron chi connectivity index (χ3n) is 5.32. The topological polar surface area (TPSA) is 35.0 Å². The Morgan fingerprint density at radius 2 is 1.47 bits per heavy atom. The quantitative estimate of drug-likeness (QED) is 0.268. The predicted molar refractivity (Wildman–Crippen MR) is 114 cm³/mol. The van der Waals surface area contributed by atoms with Gasteiger partial charge < -0.3 is 4.74 Å². The highest BCUT2D eigenvalue weighted by molar-refractivity contribution is 5.87. The lowest BCUT2D eigenvalue weighted by molar-refractivity contribution is 0.202. The summed E-state index contributed by atoms with van der Waals surface area (Å²) >= 11 is 0. The Kier molecular flexibility index (Phi) is 6.46. The van der Waals surface area contributed by atoms with Gasteiger partial charge in [0.2, 0.25) is 0 Å². The minimum atomic E-state index is -1.50. The van der Waals surface area contributed by atoms with Crippen LogP contribution in [0.1, 0.15) is 16.7 Å². The average Bonchev–Trinajstić information content (AvgIpc) is 2.81. The second kappa shape index (κ2) is 9.44. The number of hydrogen-bond acceptors (Lipinski definition) is 3. The van der Waals surface area contributed by atoms with Crippen LogP contribution in [0.25, 0.3) is 22.2 Å². The summed E-state index contributed by atoms with van der Waals surface area (Å²) in [5.41, 5.74) is 2.41. The van der Waals surface area contributed by atoms with Crippen molar-refractivity contribution in [3.8, 4) is 11.4 Å². The van der Waals surface area contributed by atoms with Crippen LogP contribution < -0.4 is 0 Å². The molecule has 4 aromatic rings. The summed E-state index contributed by atoms with van der Waals surface area (Å²) in [4.78, 5) is 8.77. The fourth-order valence-corrected chi connectivity index (χ4v) is 3.55. The molecular formula is C25H20F4N2O. The maximum Gasteiger partial charge on any atom is 0.194 e. The molecule has 164 valence electrons. The Bertz CT molecular complexity index is 1240. The number of aryl methyl sites for hydroxylation is 2. The first kappa shape index (κ1) is 21.9. The number of methoxy groups -OCH3 is 1. The zero-order valence-corrected chi connectivity index (χ0v) is 17.3. The van der Waals surface area contributed by atoms with Crippen LogP contribution in [-0.4, -0.2) is 23.7 Å². The van der Waals surface area contributed by atoms with E-state index in [-0.39, 0.29) is 18.4 Å². The monoisotopic (exact) mass is 440 g/mol. The fraction of sp³-hybridized carbons (Fsp3) is 0.200. The molecule has 0 spiro atoms. The van der Waals surface area contributed by atoms with Gasteiger partial charge in [-0.15, -0.1) is 0 Å². The zero-order valence-electron chi connectivity index (χ0n) is 17.3. The predicted octanol–water partition coefficient (Wildman–Crippen LogP) is 5.83. The molecule has 0 aliphatic heterocycles. The Hall–Kier alpha value is -3.32. The van der Waals surface area contributed by atoms with Crippen molar-refractivity contribution in [3.63, 3.8) is 0 Å². The van der Waals surface area contributed by atoms with Crippen LogP contribution >= 0.6 is 0 Å². The van der Waals surface area contributed by atoms with Crippen molar-refractivity contribution in [1.82, 2.24) is 9.97 Å². The molecule has 0 radical (unpaired) electrons. The van der Waals surface area contributed by atoms with Crippen LogP contribution in [0.2, 0.25) is 0 Å². The Balaban J connectivity index is 1.54. The summed E-state index contributed by atoms with van der Waals surface area (Å²) < 4.78 is 60.0. The molecule has 4 rings (SSSR count). The van der Waals surface area contributed by atoms with E-state index in [1.807, 2.05) is 6.07 Å². The highest BCUT2D eigenvalue weighted by Crippen LogP contribution is 2.27. The van der Waals surface area contributed by atoms with Crippen molar-refractivity contribution < 1.29 is 22.3 Å². The molecule has 3 aromatic carbocycles. The van der Waals surface area contributed by atoms with Gasteiger partial charge in [-0.2, -0.15) is 0 Å². The number of aromatic nitrogens is 2. The number of nitrogens with zero attached hydrogens (tertiary/aromatic N) is 2. The molecule has 0 bridgehead atoms. The summed E-state index contributed by atoms with van der Waals surface area (Å²) in [6, 6.07) is 10.5. The average molecular weight is 440 g/mol. The van der Waals surface area contributed by atoms with Gasteiger partial charge in [0, 0.05) is 30.5 Å². The standard InChI is InChI=1S/C25H20F4N2O/c1-32-9-8-16-13-30-25(31-14-16)19-6-7-20-18(12-19)5-4-17(23(20)28)3-2-15-10-21(26)24(29)22(27)11-15/h4-7,10-14H,2-3,8-9H2,1H3. The van der Waals surface area contributed by atoms with Gasteiger partial charge in [-0.1, -0.05) is 24.3 Å². The normalized spacial score (nSPS) is 11.3. The smallest absolute Gasteiger partial charge is 0.194 e. The van der Waals surface area contributed by atoms with Crippen LogP contribution in [0.5, 0.6) is 0 Å². The maximum atomic E-state index is 15.0. The van der Waals surface area contributed by atoms with Gasteiger partial charge in [-0.3, -0.25) is 0 Å². The first-order valence-electron chi connectivity index (χ1n) is 10.1. The fourth-order valence-electron chi connectivity index (χ4n) is 3.55. The number of hydrogen-bond donors (Lipinski definition) is 0. The number of ether oxygens (including phenoxy) is 1. The van der Waals surface area contributed by atoms with Crippen LogP contribution in [0.4, 0.5) is 17.6 Å². The molecule has 3 nitrogen and oxygen atoms in total. The summed E-state index contributed by atoms with van der Waals surface area (Å²) in [5.74, 6) is -3.86. The molecule has 0 atom stereocenters. The van der Waals surface area contributed by atoms with Crippen molar-refractivity contribution in [3.05, 3.63) is 94.8 Å². The maximum absolute atomic E-state index is 15.0. The van der Waals surface area contributed by atoms with E-state index in [1.165, 1.54) is 0 Å². The van der Waals surface area contributed by atoms with Crippen LogP contribution in [0, 0.1) is 23.3 Å². The molecule has 1 aromatic heterocycles. The third kappa shape index (κ3) is 4.62. The first-order chi connectivity index (χ1) is 15.5. The molecule has 7 heteroatoms. The van der Waals surface area contributed by atoms with Gasteiger partial charge >= 0.3 is 0 Å². The van der Waals surface area contributed by atoms with Gasteiger partial charge in [-0.05, 0) is 59.5 Å². The summed E-state index contributed by atoms with van der Waals surface area (Å²) in [7, 11) is 1.64. The van der Waals surface area contributed by atoms with E-state index >= 15 is 4.39 Å². The van der Waals surface area contributed by atoms with Crippen LogP contribution in [0.15, 0.2) is 54.9 Å².